The average Bonchev–Trinajstić information content (AvgIpc) is 3.57. The van der Waals surface area contributed by atoms with E-state index in [0.717, 1.165) is 27.5 Å². The monoisotopic (exact) mass is 508 g/mol. The van der Waals surface area contributed by atoms with Crippen LogP contribution in [0.3, 0.4) is 0 Å². The predicted molar refractivity (Wildman–Crippen MR) is 147 cm³/mol. The summed E-state index contributed by atoms with van der Waals surface area (Å²) in [4.78, 5) is 42.7. The second-order valence-electron chi connectivity index (χ2n) is 8.64. The summed E-state index contributed by atoms with van der Waals surface area (Å²) in [5.41, 5.74) is 4.16. The number of aromatic nitrogens is 1. The highest BCUT2D eigenvalue weighted by Crippen LogP contribution is 2.33. The molecule has 0 bridgehead atoms. The number of rotatable bonds is 8. The average molecular weight is 509 g/mol. The molecule has 0 amide bonds. The molecule has 0 N–H and O–H groups in total. The maximum atomic E-state index is 13.2. The molecule has 2 heterocycles. The van der Waals surface area contributed by atoms with Crippen LogP contribution in [0.4, 0.5) is 0 Å². The van der Waals surface area contributed by atoms with E-state index in [2.05, 4.69) is 9.72 Å². The fourth-order valence-corrected chi connectivity index (χ4v) is 5.11. The molecule has 2 aromatic heterocycles. The van der Waals surface area contributed by atoms with Crippen LogP contribution >= 0.6 is 11.3 Å². The lowest BCUT2D eigenvalue weighted by Crippen LogP contribution is -2.15. The van der Waals surface area contributed by atoms with E-state index in [-0.39, 0.29) is 17.3 Å². The number of benzene rings is 3. The zero-order chi connectivity index (χ0) is 25.9. The van der Waals surface area contributed by atoms with Crippen molar-refractivity contribution < 1.29 is 19.2 Å². The molecule has 5 aromatic rings. The molecule has 6 nitrogen and oxygen atoms in total. The number of carbonyl (C=O) groups is 3. The number of oxime groups is 1. The molecule has 0 aliphatic rings. The number of ketones is 2. The van der Waals surface area contributed by atoms with Gasteiger partial charge in [0.2, 0.25) is 11.6 Å². The second kappa shape index (κ2) is 10.3. The summed E-state index contributed by atoms with van der Waals surface area (Å²) >= 11 is 1.43. The SMILES string of the molecule is CCCC(=NOC(C)=O)C(=O)c1ccc2c(c1)c1ccccc1n2-c1ccc(C(=O)c2cccs2)cc1. The lowest BCUT2D eigenvalue weighted by Gasteiger charge is -2.09. The van der Waals surface area contributed by atoms with Crippen molar-refractivity contribution in [3.8, 4) is 5.69 Å². The molecule has 5 rings (SSSR count). The van der Waals surface area contributed by atoms with Gasteiger partial charge in [-0.3, -0.25) is 9.59 Å². The summed E-state index contributed by atoms with van der Waals surface area (Å²) in [7, 11) is 0. The van der Waals surface area contributed by atoms with E-state index in [0.29, 0.717) is 28.8 Å². The van der Waals surface area contributed by atoms with Crippen LogP contribution in [0.1, 0.15) is 52.3 Å². The van der Waals surface area contributed by atoms with Crippen molar-refractivity contribution in [3.63, 3.8) is 0 Å². The van der Waals surface area contributed by atoms with Gasteiger partial charge in [0, 0.05) is 34.5 Å². The Morgan fingerprint density at radius 1 is 0.865 bits per heavy atom. The van der Waals surface area contributed by atoms with Crippen molar-refractivity contribution >= 4 is 56.4 Å². The lowest BCUT2D eigenvalue weighted by molar-refractivity contribution is -0.140. The summed E-state index contributed by atoms with van der Waals surface area (Å²) in [6.45, 7) is 3.19. The first kappa shape index (κ1) is 24.3. The van der Waals surface area contributed by atoms with Gasteiger partial charge in [-0.25, -0.2) is 4.79 Å². The van der Waals surface area contributed by atoms with Crippen LogP contribution in [0.25, 0.3) is 27.5 Å². The minimum absolute atomic E-state index is 0.00484. The zero-order valence-electron chi connectivity index (χ0n) is 20.4. The van der Waals surface area contributed by atoms with E-state index in [1.165, 1.54) is 18.3 Å². The van der Waals surface area contributed by atoms with Gasteiger partial charge in [-0.15, -0.1) is 11.3 Å². The van der Waals surface area contributed by atoms with Crippen LogP contribution in [0, 0.1) is 0 Å². The molecule has 0 radical (unpaired) electrons. The van der Waals surface area contributed by atoms with Gasteiger partial charge in [-0.1, -0.05) is 42.8 Å². The molecule has 0 fully saturated rings. The first-order valence-corrected chi connectivity index (χ1v) is 12.9. The van der Waals surface area contributed by atoms with Gasteiger partial charge in [0.05, 0.1) is 15.9 Å². The summed E-state index contributed by atoms with van der Waals surface area (Å²) in [5, 5.41) is 7.63. The molecule has 7 heteroatoms. The van der Waals surface area contributed by atoms with E-state index in [1.54, 1.807) is 6.07 Å². The van der Waals surface area contributed by atoms with Crippen molar-refractivity contribution in [2.45, 2.75) is 26.7 Å². The number of hydrogen-bond acceptors (Lipinski definition) is 6. The Morgan fingerprint density at radius 2 is 1.59 bits per heavy atom. The van der Waals surface area contributed by atoms with Gasteiger partial charge < -0.3 is 9.40 Å². The minimum Gasteiger partial charge on any atom is -0.318 e. The summed E-state index contributed by atoms with van der Waals surface area (Å²) in [6.07, 6.45) is 1.10. The molecule has 184 valence electrons. The van der Waals surface area contributed by atoms with Crippen LogP contribution < -0.4 is 0 Å². The van der Waals surface area contributed by atoms with Crippen molar-refractivity contribution in [1.82, 2.24) is 4.57 Å². The molecule has 0 unspecified atom stereocenters. The zero-order valence-corrected chi connectivity index (χ0v) is 21.2. The first-order chi connectivity index (χ1) is 18.0. The summed E-state index contributed by atoms with van der Waals surface area (Å²) in [6, 6.07) is 24.8. The molecule has 0 aliphatic heterocycles. The molecule has 0 spiro atoms. The molecule has 3 aromatic carbocycles. The van der Waals surface area contributed by atoms with Crippen LogP contribution in [0.5, 0.6) is 0 Å². The van der Waals surface area contributed by atoms with E-state index in [4.69, 9.17) is 4.84 Å². The van der Waals surface area contributed by atoms with E-state index < -0.39 is 5.97 Å². The van der Waals surface area contributed by atoms with Crippen molar-refractivity contribution in [3.05, 3.63) is 100 Å². The summed E-state index contributed by atoms with van der Waals surface area (Å²) < 4.78 is 2.12. The fourth-order valence-electron chi connectivity index (χ4n) is 4.43. The van der Waals surface area contributed by atoms with Crippen molar-refractivity contribution in [1.29, 1.82) is 0 Å². The highest BCUT2D eigenvalue weighted by Gasteiger charge is 2.19. The number of nitrogens with zero attached hydrogens (tertiary/aromatic N) is 2. The molecular formula is C30H24N2O4S. The van der Waals surface area contributed by atoms with Crippen LogP contribution in [0.2, 0.25) is 0 Å². The first-order valence-electron chi connectivity index (χ1n) is 12.0. The van der Waals surface area contributed by atoms with Gasteiger partial charge in [-0.2, -0.15) is 0 Å². The largest absolute Gasteiger partial charge is 0.331 e. The van der Waals surface area contributed by atoms with E-state index >= 15 is 0 Å². The standard InChI is InChI=1S/C30H24N2O4S/c1-3-7-25(31-36-19(2)33)29(34)21-13-16-27-24(18-21)23-8-4-5-9-26(23)32(27)22-14-11-20(12-15-22)30(35)28-10-6-17-37-28/h4-6,8-18H,3,7H2,1-2H3. The number of Topliss-reactive ketones (excluding diaryl/α,β-unsaturated/α-hetero) is 1. The second-order valence-corrected chi connectivity index (χ2v) is 9.59. The van der Waals surface area contributed by atoms with Gasteiger partial charge in [0.15, 0.2) is 0 Å². The smallest absolute Gasteiger partial charge is 0.318 e. The topological polar surface area (TPSA) is 77.7 Å². The predicted octanol–water partition coefficient (Wildman–Crippen LogP) is 6.98. The molecular weight excluding hydrogens is 484 g/mol. The Bertz CT molecular complexity index is 1660. The van der Waals surface area contributed by atoms with Crippen LogP contribution in [-0.4, -0.2) is 27.8 Å². The molecule has 0 atom stereocenters. The fraction of sp³-hybridized carbons (Fsp3) is 0.133. The highest BCUT2D eigenvalue weighted by molar-refractivity contribution is 7.12. The van der Waals surface area contributed by atoms with Crippen molar-refractivity contribution in [2.75, 3.05) is 0 Å². The normalized spacial score (nSPS) is 11.7. The molecule has 37 heavy (non-hydrogen) atoms. The number of para-hydroxylation sites is 1. The van der Waals surface area contributed by atoms with Crippen LogP contribution in [-0.2, 0) is 9.63 Å². The minimum atomic E-state index is -0.567. The van der Waals surface area contributed by atoms with Gasteiger partial charge in [0.25, 0.3) is 0 Å². The van der Waals surface area contributed by atoms with Crippen molar-refractivity contribution in [2.24, 2.45) is 5.16 Å². The number of hydrogen-bond donors (Lipinski definition) is 0. The lowest BCUT2D eigenvalue weighted by atomic mass is 10.0. The third kappa shape index (κ3) is 4.73. The molecule has 0 saturated carbocycles. The Labute approximate surface area is 217 Å². The number of thiophene rings is 1. The number of fused-ring (bicyclic) bond motifs is 3. The quantitative estimate of drug-likeness (QED) is 0.0981. The number of carbonyl (C=O) groups excluding carboxylic acids is 3. The van der Waals surface area contributed by atoms with Gasteiger partial charge >= 0.3 is 5.97 Å². The maximum Gasteiger partial charge on any atom is 0.331 e. The van der Waals surface area contributed by atoms with Crippen LogP contribution in [0.15, 0.2) is 89.4 Å². The Hall–Kier alpha value is -4.36. The Balaban J connectivity index is 1.58. The molecule has 0 aliphatic carbocycles. The third-order valence-electron chi connectivity index (χ3n) is 6.10. The third-order valence-corrected chi connectivity index (χ3v) is 6.97. The Morgan fingerprint density at radius 3 is 2.30 bits per heavy atom. The highest BCUT2D eigenvalue weighted by atomic mass is 32.1. The van der Waals surface area contributed by atoms with E-state index in [1.807, 2.05) is 85.1 Å². The van der Waals surface area contributed by atoms with E-state index in [9.17, 15) is 14.4 Å². The van der Waals surface area contributed by atoms with Gasteiger partial charge in [0.1, 0.15) is 5.71 Å². The maximum absolute atomic E-state index is 13.2. The summed E-state index contributed by atoms with van der Waals surface area (Å²) in [5.74, 6) is -0.827. The molecule has 0 saturated heterocycles. The Kier molecular flexibility index (Phi) is 6.79. The van der Waals surface area contributed by atoms with Gasteiger partial charge in [-0.05, 0) is 66.4 Å².